The van der Waals surface area contributed by atoms with Crippen molar-refractivity contribution in [3.63, 3.8) is 0 Å². The Kier molecular flexibility index (Phi) is 7.50. The van der Waals surface area contributed by atoms with Gasteiger partial charge in [-0.1, -0.05) is 30.3 Å². The van der Waals surface area contributed by atoms with E-state index in [9.17, 15) is 18.0 Å². The average Bonchev–Trinajstić information content (AvgIpc) is 2.54. The summed E-state index contributed by atoms with van der Waals surface area (Å²) in [6.45, 7) is 4.76. The van der Waals surface area contributed by atoms with Gasteiger partial charge in [0.05, 0.1) is 0 Å². The molecule has 2 rings (SSSR count). The van der Waals surface area contributed by atoms with Crippen LogP contribution in [0.5, 0.6) is 0 Å². The Bertz CT molecular complexity index is 537. The fourth-order valence-electron chi connectivity index (χ4n) is 1.91. The van der Waals surface area contributed by atoms with Crippen molar-refractivity contribution in [3.05, 3.63) is 35.9 Å². The van der Waals surface area contributed by atoms with Gasteiger partial charge in [-0.15, -0.1) is 0 Å². The summed E-state index contributed by atoms with van der Waals surface area (Å²) in [5.74, 6) is -2.76. The van der Waals surface area contributed by atoms with Crippen LogP contribution in [0.25, 0.3) is 0 Å². The minimum Gasteiger partial charge on any atom is -0.475 e. The summed E-state index contributed by atoms with van der Waals surface area (Å²) < 4.78 is 37.0. The molecule has 1 atom stereocenters. The zero-order valence-electron chi connectivity index (χ0n) is 13.0. The molecule has 0 radical (unpaired) electrons. The van der Waals surface area contributed by atoms with Crippen LogP contribution in [0.1, 0.15) is 12.5 Å². The van der Waals surface area contributed by atoms with Gasteiger partial charge in [-0.3, -0.25) is 0 Å². The smallest absolute Gasteiger partial charge is 0.475 e. The van der Waals surface area contributed by atoms with Gasteiger partial charge in [0.1, 0.15) is 6.61 Å². The van der Waals surface area contributed by atoms with Crippen molar-refractivity contribution < 1.29 is 32.6 Å². The second-order valence-corrected chi connectivity index (χ2v) is 5.09. The quantitative estimate of drug-likeness (QED) is 0.857. The first-order valence-electron chi connectivity index (χ1n) is 7.20. The number of halogens is 3. The molecule has 1 fully saturated rings. The highest BCUT2D eigenvalue weighted by molar-refractivity contribution is 5.73. The van der Waals surface area contributed by atoms with Crippen molar-refractivity contribution in [2.45, 2.75) is 25.7 Å². The summed E-state index contributed by atoms with van der Waals surface area (Å²) in [5, 5.41) is 10.4. The number of piperazine rings is 1. The van der Waals surface area contributed by atoms with Crippen LogP contribution in [0, 0.1) is 0 Å². The van der Waals surface area contributed by atoms with Crippen LogP contribution in [-0.4, -0.2) is 53.9 Å². The van der Waals surface area contributed by atoms with Crippen LogP contribution in [0.4, 0.5) is 18.0 Å². The van der Waals surface area contributed by atoms with Gasteiger partial charge in [0.2, 0.25) is 0 Å². The maximum Gasteiger partial charge on any atom is 0.490 e. The lowest BCUT2D eigenvalue weighted by molar-refractivity contribution is -0.192. The molecule has 134 valence electrons. The topological polar surface area (TPSA) is 78.9 Å². The monoisotopic (exact) mass is 348 g/mol. The predicted octanol–water partition coefficient (Wildman–Crippen LogP) is 2.25. The largest absolute Gasteiger partial charge is 0.490 e. The molecule has 9 heteroatoms. The first kappa shape index (κ1) is 19.8. The minimum atomic E-state index is -5.08. The molecule has 1 aliphatic heterocycles. The second-order valence-electron chi connectivity index (χ2n) is 5.09. The Labute approximate surface area is 137 Å². The van der Waals surface area contributed by atoms with E-state index in [0.29, 0.717) is 6.61 Å². The Morgan fingerprint density at radius 3 is 2.42 bits per heavy atom. The highest BCUT2D eigenvalue weighted by Gasteiger charge is 2.38. The summed E-state index contributed by atoms with van der Waals surface area (Å²) in [4.78, 5) is 22.5. The van der Waals surface area contributed by atoms with E-state index in [0.717, 1.165) is 25.2 Å². The molecule has 6 nitrogen and oxygen atoms in total. The highest BCUT2D eigenvalue weighted by atomic mass is 19.4. The first-order chi connectivity index (χ1) is 11.2. The lowest BCUT2D eigenvalue weighted by Gasteiger charge is -2.32. The van der Waals surface area contributed by atoms with E-state index in [-0.39, 0.29) is 12.1 Å². The van der Waals surface area contributed by atoms with Crippen molar-refractivity contribution in [1.29, 1.82) is 0 Å². The zero-order valence-corrected chi connectivity index (χ0v) is 13.0. The molecule has 0 spiro atoms. The third-order valence-corrected chi connectivity index (χ3v) is 3.18. The van der Waals surface area contributed by atoms with Crippen LogP contribution in [-0.2, 0) is 16.1 Å². The lowest BCUT2D eigenvalue weighted by Crippen LogP contribution is -2.52. The summed E-state index contributed by atoms with van der Waals surface area (Å²) >= 11 is 0. The van der Waals surface area contributed by atoms with Crippen molar-refractivity contribution in [2.24, 2.45) is 0 Å². The molecule has 0 aromatic heterocycles. The average molecular weight is 348 g/mol. The molecule has 1 aromatic rings. The van der Waals surface area contributed by atoms with Crippen molar-refractivity contribution in [2.75, 3.05) is 19.6 Å². The van der Waals surface area contributed by atoms with E-state index in [1.54, 1.807) is 4.90 Å². The number of hydrogen-bond acceptors (Lipinski definition) is 4. The first-order valence-corrected chi connectivity index (χ1v) is 7.20. The minimum absolute atomic E-state index is 0.201. The molecule has 1 saturated heterocycles. The lowest BCUT2D eigenvalue weighted by atomic mass is 10.2. The van der Waals surface area contributed by atoms with E-state index in [4.69, 9.17) is 14.6 Å². The summed E-state index contributed by atoms with van der Waals surface area (Å²) in [6, 6.07) is 9.94. The highest BCUT2D eigenvalue weighted by Crippen LogP contribution is 2.13. The van der Waals surface area contributed by atoms with Gasteiger partial charge in [-0.05, 0) is 12.5 Å². The number of carboxylic acid groups (broad SMARTS) is 1. The van der Waals surface area contributed by atoms with E-state index < -0.39 is 12.1 Å². The number of aliphatic carboxylic acids is 1. The number of carbonyl (C=O) groups excluding carboxylic acids is 1. The number of carboxylic acids is 1. The molecule has 0 saturated carbocycles. The van der Waals surface area contributed by atoms with Crippen molar-refractivity contribution in [1.82, 2.24) is 10.2 Å². The number of hydrogen-bond donors (Lipinski definition) is 2. The third-order valence-electron chi connectivity index (χ3n) is 3.18. The van der Waals surface area contributed by atoms with E-state index in [1.165, 1.54) is 0 Å². The van der Waals surface area contributed by atoms with Gasteiger partial charge < -0.3 is 20.1 Å². The molecular weight excluding hydrogens is 329 g/mol. The summed E-state index contributed by atoms with van der Waals surface area (Å²) in [5.41, 5.74) is 1.02. The molecule has 1 aliphatic rings. The Balaban J connectivity index is 0.000000351. The van der Waals surface area contributed by atoms with Crippen LogP contribution >= 0.6 is 0 Å². The Morgan fingerprint density at radius 1 is 1.33 bits per heavy atom. The van der Waals surface area contributed by atoms with Gasteiger partial charge in [0.25, 0.3) is 0 Å². The predicted molar refractivity (Wildman–Crippen MR) is 79.4 cm³/mol. The van der Waals surface area contributed by atoms with Crippen molar-refractivity contribution >= 4 is 12.1 Å². The van der Waals surface area contributed by atoms with Crippen molar-refractivity contribution in [3.8, 4) is 0 Å². The van der Waals surface area contributed by atoms with Gasteiger partial charge in [0, 0.05) is 25.7 Å². The van der Waals surface area contributed by atoms with E-state index in [1.807, 2.05) is 37.3 Å². The second kappa shape index (κ2) is 9.11. The molecule has 0 bridgehead atoms. The third kappa shape index (κ3) is 6.86. The van der Waals surface area contributed by atoms with E-state index >= 15 is 0 Å². The number of nitrogens with one attached hydrogen (secondary N) is 1. The fraction of sp³-hybridized carbons (Fsp3) is 0.467. The number of rotatable bonds is 2. The Hall–Kier alpha value is -2.29. The SMILES string of the molecule is C[C@@H]1CNCCN1C(=O)OCc1ccccc1.O=C(O)C(F)(F)F. The number of alkyl halides is 3. The number of nitrogens with zero attached hydrogens (tertiary/aromatic N) is 1. The van der Waals surface area contributed by atoms with Gasteiger partial charge in [-0.2, -0.15) is 13.2 Å². The van der Waals surface area contributed by atoms with Crippen LogP contribution in [0.15, 0.2) is 30.3 Å². The molecule has 1 heterocycles. The van der Waals surface area contributed by atoms with Gasteiger partial charge >= 0.3 is 18.2 Å². The van der Waals surface area contributed by atoms with Gasteiger partial charge in [0.15, 0.2) is 0 Å². The van der Waals surface area contributed by atoms with Gasteiger partial charge in [-0.25, -0.2) is 9.59 Å². The molecule has 0 unspecified atom stereocenters. The molecule has 0 aliphatic carbocycles. The fourth-order valence-corrected chi connectivity index (χ4v) is 1.91. The molecule has 1 aromatic carbocycles. The molecule has 24 heavy (non-hydrogen) atoms. The number of ether oxygens (including phenoxy) is 1. The van der Waals surface area contributed by atoms with Crippen LogP contribution in [0.3, 0.4) is 0 Å². The van der Waals surface area contributed by atoms with E-state index in [2.05, 4.69) is 5.32 Å². The maximum atomic E-state index is 11.9. The number of benzene rings is 1. The van der Waals surface area contributed by atoms with Crippen LogP contribution in [0.2, 0.25) is 0 Å². The molecule has 1 amide bonds. The van der Waals surface area contributed by atoms with Crippen LogP contribution < -0.4 is 5.32 Å². The maximum absolute atomic E-state index is 11.9. The summed E-state index contributed by atoms with van der Waals surface area (Å²) in [6.07, 6.45) is -5.30. The summed E-state index contributed by atoms with van der Waals surface area (Å²) in [7, 11) is 0. The molecule has 2 N–H and O–H groups in total. The Morgan fingerprint density at radius 2 is 1.92 bits per heavy atom. The number of carbonyl (C=O) groups is 2. The normalized spacial score (nSPS) is 17.5. The molecular formula is C15H19F3N2O4. The standard InChI is InChI=1S/C13H18N2O2.C2HF3O2/c1-11-9-14-7-8-15(11)13(16)17-10-12-5-3-2-4-6-12;3-2(4,5)1(6)7/h2-6,11,14H,7-10H2,1H3;(H,6,7)/t11-;/m1./s1. The number of amides is 1. The zero-order chi connectivity index (χ0) is 18.2.